The monoisotopic (exact) mass is 114 g/mol. The Balaban J connectivity index is -0.0000000542. The van der Waals surface area contributed by atoms with Crippen LogP contribution in [-0.4, -0.2) is 16.4 Å². The number of nitrogens with zero attached hydrogens (tertiary/aromatic N) is 2. The topological polar surface area (TPSA) is 105 Å². The Kier molecular flexibility index (Phi) is 124. The highest BCUT2D eigenvalue weighted by molar-refractivity contribution is 5.53. The molecule has 0 bridgehead atoms. The normalized spacial score (nSPS) is 3.50. The summed E-state index contributed by atoms with van der Waals surface area (Å²) < 4.78 is 0. The van der Waals surface area contributed by atoms with E-state index in [0.717, 1.165) is 0 Å². The van der Waals surface area contributed by atoms with Crippen LogP contribution in [0.5, 0.6) is 0 Å². The van der Waals surface area contributed by atoms with Gasteiger partial charge in [-0.2, -0.15) is 0 Å². The van der Waals surface area contributed by atoms with Crippen molar-refractivity contribution in [3.8, 4) is 0 Å². The Bertz CT molecular complexity index is 75.0. The maximum Gasteiger partial charge on any atom is 0.503 e. The molecule has 0 atom stereocenters. The third kappa shape index (κ3) is 14.7. The van der Waals surface area contributed by atoms with Gasteiger partial charge >= 0.3 is 6.16 Å². The molecule has 8 heavy (non-hydrogen) atoms. The minimum absolute atomic E-state index is 1.83. The zero-order chi connectivity index (χ0) is 7.58. The molecule has 5 nitrogen and oxygen atoms in total. The molecule has 0 aromatic rings. The van der Waals surface area contributed by atoms with Crippen LogP contribution < -0.4 is 0 Å². The van der Waals surface area contributed by atoms with Gasteiger partial charge in [0.05, 0.1) is 0 Å². The molecular weight excluding hydrogens is 112 g/mol. The number of hydrogen-bond acceptors (Lipinski definition) is 3. The molecule has 0 spiro atoms. The molecule has 0 aromatic heterocycles. The van der Waals surface area contributed by atoms with E-state index >= 15 is 0 Å². The first kappa shape index (κ1) is 16.3. The molecule has 0 saturated heterocycles. The molecule has 0 unspecified atom stereocenters. The highest BCUT2D eigenvalue weighted by Gasteiger charge is 1.70. The summed E-state index contributed by atoms with van der Waals surface area (Å²) in [6, 6.07) is 0. The van der Waals surface area contributed by atoms with Gasteiger partial charge in [0.1, 0.15) is 0 Å². The van der Waals surface area contributed by atoms with Crippen molar-refractivity contribution >= 4 is 6.16 Å². The van der Waals surface area contributed by atoms with Crippen molar-refractivity contribution in [3.05, 3.63) is 13.1 Å². The average molecular weight is 114 g/mol. The summed E-state index contributed by atoms with van der Waals surface area (Å²) in [6.45, 7) is 9.50. The van der Waals surface area contributed by atoms with E-state index < -0.39 is 6.16 Å². The van der Waals surface area contributed by atoms with Crippen LogP contribution in [0.2, 0.25) is 0 Å². The summed E-state index contributed by atoms with van der Waals surface area (Å²) in [5.41, 5.74) is 0. The lowest BCUT2D eigenvalue weighted by Crippen LogP contribution is -1.81. The Hall–Kier alpha value is -1.75. The Labute approximate surface area is 46.0 Å². The first-order valence-corrected chi connectivity index (χ1v) is 1.10. The first-order chi connectivity index (χ1) is 3.73. The molecule has 0 aliphatic heterocycles. The predicted molar refractivity (Wildman–Crippen MR) is 20.6 cm³/mol. The molecular formula is C3H2N2O3-2. The quantitative estimate of drug-likeness (QED) is 0.444. The summed E-state index contributed by atoms with van der Waals surface area (Å²) in [5, 5.41) is 26.4. The van der Waals surface area contributed by atoms with E-state index in [1.165, 1.54) is 0 Å². The second kappa shape index (κ2) is 60.7. The van der Waals surface area contributed by atoms with Gasteiger partial charge < -0.3 is 33.9 Å². The Morgan fingerprint density at radius 3 is 1.12 bits per heavy atom. The first-order valence-electron chi connectivity index (χ1n) is 1.10. The smallest absolute Gasteiger partial charge is 0.503 e. The fraction of sp³-hybridized carbons (Fsp3) is 0. The largest absolute Gasteiger partial charge is 0.512 e. The summed E-state index contributed by atoms with van der Waals surface area (Å²) in [5.74, 6) is 0. The van der Waals surface area contributed by atoms with Crippen molar-refractivity contribution in [3.63, 3.8) is 0 Å². The van der Waals surface area contributed by atoms with E-state index in [9.17, 15) is 0 Å². The Morgan fingerprint density at radius 2 is 1.12 bits per heavy atom. The molecule has 2 N–H and O–H groups in total. The number of hydrogen-bond donors (Lipinski definition) is 2. The minimum atomic E-state index is -1.83. The van der Waals surface area contributed by atoms with Crippen LogP contribution in [0.3, 0.4) is 0 Å². The second-order valence-corrected chi connectivity index (χ2v) is 0.283. The molecule has 0 amide bonds. The van der Waals surface area contributed by atoms with Crippen LogP contribution >= 0.6 is 0 Å². The van der Waals surface area contributed by atoms with E-state index in [2.05, 4.69) is 0 Å². The molecule has 0 fully saturated rings. The van der Waals surface area contributed by atoms with Crippen molar-refractivity contribution < 1.29 is 15.0 Å². The van der Waals surface area contributed by atoms with Crippen LogP contribution in [0.15, 0.2) is 0 Å². The van der Waals surface area contributed by atoms with Crippen molar-refractivity contribution in [2.45, 2.75) is 0 Å². The molecule has 0 aromatic carbocycles. The van der Waals surface area contributed by atoms with Crippen molar-refractivity contribution in [1.82, 2.24) is 0 Å². The predicted octanol–water partition coefficient (Wildman–Crippen LogP) is 0.415. The summed E-state index contributed by atoms with van der Waals surface area (Å²) >= 11 is 0. The molecule has 0 aliphatic carbocycles. The van der Waals surface area contributed by atoms with Gasteiger partial charge in [-0.25, -0.2) is 4.79 Å². The van der Waals surface area contributed by atoms with Crippen LogP contribution in [0.25, 0.3) is 0 Å². The van der Waals surface area contributed by atoms with Crippen molar-refractivity contribution in [2.24, 2.45) is 0 Å². The Morgan fingerprint density at radius 1 is 1.12 bits per heavy atom. The van der Waals surface area contributed by atoms with Crippen LogP contribution in [0.4, 0.5) is 4.79 Å². The zero-order valence-corrected chi connectivity index (χ0v) is 3.70. The van der Waals surface area contributed by atoms with Gasteiger partial charge in [0, 0.05) is 0 Å². The molecule has 0 saturated carbocycles. The lowest BCUT2D eigenvalue weighted by atomic mass is 11.5. The molecule has 5 heteroatoms. The fourth-order valence-corrected chi connectivity index (χ4v) is 0. The lowest BCUT2D eigenvalue weighted by Gasteiger charge is -1.60. The van der Waals surface area contributed by atoms with Crippen molar-refractivity contribution in [2.75, 3.05) is 0 Å². The summed E-state index contributed by atoms with van der Waals surface area (Å²) in [7, 11) is 0. The maximum absolute atomic E-state index is 8.56. The number of rotatable bonds is 0. The third-order valence-corrected chi connectivity index (χ3v) is 0. The molecule has 0 heterocycles. The third-order valence-electron chi connectivity index (χ3n) is 0. The SMILES string of the molecule is O=C(O)O.[C-]#N.[C-]#N. The molecule has 0 radical (unpaired) electrons. The van der Waals surface area contributed by atoms with Crippen LogP contribution in [-0.2, 0) is 0 Å². The lowest BCUT2D eigenvalue weighted by molar-refractivity contribution is 0.137. The number of carbonyl (C=O) groups is 1. The maximum atomic E-state index is 8.56. The number of carboxylic acid groups (broad SMARTS) is 2. The van der Waals surface area contributed by atoms with Crippen LogP contribution in [0.1, 0.15) is 0 Å². The van der Waals surface area contributed by atoms with Gasteiger partial charge in [-0.1, -0.05) is 0 Å². The van der Waals surface area contributed by atoms with Gasteiger partial charge in [-0.05, 0) is 0 Å². The van der Waals surface area contributed by atoms with Gasteiger partial charge in [0.2, 0.25) is 0 Å². The molecule has 0 aliphatic rings. The van der Waals surface area contributed by atoms with Gasteiger partial charge in [-0.15, -0.1) is 0 Å². The summed E-state index contributed by atoms with van der Waals surface area (Å²) in [4.78, 5) is 8.56. The van der Waals surface area contributed by atoms with E-state index in [1.54, 1.807) is 0 Å². The van der Waals surface area contributed by atoms with Crippen molar-refractivity contribution in [1.29, 1.82) is 10.5 Å². The minimum Gasteiger partial charge on any atom is -0.512 e. The van der Waals surface area contributed by atoms with Gasteiger partial charge in [0.25, 0.3) is 0 Å². The molecule has 0 rings (SSSR count). The molecule has 44 valence electrons. The van der Waals surface area contributed by atoms with Gasteiger partial charge in [-0.3, -0.25) is 0 Å². The standard InChI is InChI=1S/2CN.CH2O3/c2*1-2;2-1(3)4/h;;(H2,2,3,4)/q2*-1;. The average Bonchev–Trinajstić information content (AvgIpc) is 1.75. The highest BCUT2D eigenvalue weighted by Crippen LogP contribution is 1.42. The second-order valence-electron chi connectivity index (χ2n) is 0.283. The highest BCUT2D eigenvalue weighted by atomic mass is 16.6. The zero-order valence-electron chi connectivity index (χ0n) is 3.70. The fourth-order valence-electron chi connectivity index (χ4n) is 0. The summed E-state index contributed by atoms with van der Waals surface area (Å²) in [6.07, 6.45) is -1.83. The van der Waals surface area contributed by atoms with E-state index in [-0.39, 0.29) is 0 Å². The van der Waals surface area contributed by atoms with E-state index in [4.69, 9.17) is 38.7 Å². The van der Waals surface area contributed by atoms with Crippen LogP contribution in [0, 0.1) is 23.7 Å². The van der Waals surface area contributed by atoms with E-state index in [0.29, 0.717) is 0 Å². The van der Waals surface area contributed by atoms with Gasteiger partial charge in [0.15, 0.2) is 0 Å². The van der Waals surface area contributed by atoms with E-state index in [1.807, 2.05) is 0 Å².